The summed E-state index contributed by atoms with van der Waals surface area (Å²) in [5, 5.41) is 3.46. The summed E-state index contributed by atoms with van der Waals surface area (Å²) < 4.78 is 26.2. The standard InChI is InChI=1S/C25H34ClN3O4S/c1-5-7-16-27-25(31)23(6-2)28(17-20-10-12-21(26)13-11-20)24(30)18-29(34(4,32)33)22-14-8-19(3)9-15-22/h8-15,23H,5-7,16-18H2,1-4H3,(H,27,31)/t23-/m1/s1. The first-order chi connectivity index (χ1) is 16.1. The number of hydrogen-bond acceptors (Lipinski definition) is 4. The minimum Gasteiger partial charge on any atom is -0.354 e. The Labute approximate surface area is 208 Å². The van der Waals surface area contributed by atoms with Crippen molar-refractivity contribution in [3.8, 4) is 0 Å². The van der Waals surface area contributed by atoms with Gasteiger partial charge in [-0.1, -0.05) is 61.7 Å². The Balaban J connectivity index is 2.37. The second-order valence-electron chi connectivity index (χ2n) is 8.32. The third kappa shape index (κ3) is 8.02. The van der Waals surface area contributed by atoms with Gasteiger partial charge in [-0.25, -0.2) is 8.42 Å². The number of unbranched alkanes of at least 4 members (excludes halogenated alkanes) is 1. The molecule has 0 aliphatic heterocycles. The van der Waals surface area contributed by atoms with Crippen molar-refractivity contribution in [2.45, 2.75) is 52.6 Å². The van der Waals surface area contributed by atoms with Gasteiger partial charge >= 0.3 is 0 Å². The molecular weight excluding hydrogens is 474 g/mol. The fraction of sp³-hybridized carbons (Fsp3) is 0.440. The predicted molar refractivity (Wildman–Crippen MR) is 137 cm³/mol. The number of carbonyl (C=O) groups is 2. The molecule has 0 aromatic heterocycles. The van der Waals surface area contributed by atoms with Crippen molar-refractivity contribution in [2.75, 3.05) is 23.7 Å². The first kappa shape index (κ1) is 27.7. The van der Waals surface area contributed by atoms with Gasteiger partial charge < -0.3 is 10.2 Å². The van der Waals surface area contributed by atoms with Crippen molar-refractivity contribution >= 4 is 39.1 Å². The van der Waals surface area contributed by atoms with Gasteiger partial charge in [-0.05, 0) is 49.6 Å². The highest BCUT2D eigenvalue weighted by Crippen LogP contribution is 2.20. The quantitative estimate of drug-likeness (QED) is 0.437. The van der Waals surface area contributed by atoms with Gasteiger partial charge in [-0.15, -0.1) is 0 Å². The highest BCUT2D eigenvalue weighted by atomic mass is 35.5. The number of sulfonamides is 1. The Morgan fingerprint density at radius 1 is 1.03 bits per heavy atom. The average Bonchev–Trinajstić information content (AvgIpc) is 2.78. The van der Waals surface area contributed by atoms with Gasteiger partial charge in [-0.3, -0.25) is 13.9 Å². The Morgan fingerprint density at radius 2 is 1.65 bits per heavy atom. The fourth-order valence-corrected chi connectivity index (χ4v) is 4.51. The summed E-state index contributed by atoms with van der Waals surface area (Å²) in [5.41, 5.74) is 2.16. The van der Waals surface area contributed by atoms with Gasteiger partial charge in [0.15, 0.2) is 0 Å². The smallest absolute Gasteiger partial charge is 0.244 e. The molecule has 186 valence electrons. The molecule has 0 aliphatic rings. The van der Waals surface area contributed by atoms with Crippen molar-refractivity contribution in [3.05, 3.63) is 64.7 Å². The average molecular weight is 508 g/mol. The Kier molecular flexibility index (Phi) is 10.4. The first-order valence-electron chi connectivity index (χ1n) is 11.4. The maximum atomic E-state index is 13.6. The molecule has 0 spiro atoms. The second-order valence-corrected chi connectivity index (χ2v) is 10.7. The maximum absolute atomic E-state index is 13.6. The van der Waals surface area contributed by atoms with Crippen molar-refractivity contribution in [1.82, 2.24) is 10.2 Å². The van der Waals surface area contributed by atoms with Gasteiger partial charge in [-0.2, -0.15) is 0 Å². The fourth-order valence-electron chi connectivity index (χ4n) is 3.54. The lowest BCUT2D eigenvalue weighted by Gasteiger charge is -2.33. The summed E-state index contributed by atoms with van der Waals surface area (Å²) in [6.45, 7) is 6.03. The molecule has 7 nitrogen and oxygen atoms in total. The molecule has 0 bridgehead atoms. The number of amides is 2. The normalized spacial score (nSPS) is 12.1. The van der Waals surface area contributed by atoms with Crippen LogP contribution in [0.15, 0.2) is 48.5 Å². The van der Waals surface area contributed by atoms with Crippen molar-refractivity contribution in [2.24, 2.45) is 0 Å². The molecule has 34 heavy (non-hydrogen) atoms. The highest BCUT2D eigenvalue weighted by Gasteiger charge is 2.31. The summed E-state index contributed by atoms with van der Waals surface area (Å²) in [5.74, 6) is -0.710. The lowest BCUT2D eigenvalue weighted by atomic mass is 10.1. The van der Waals surface area contributed by atoms with Crippen LogP contribution in [0.4, 0.5) is 5.69 Å². The van der Waals surface area contributed by atoms with Crippen LogP contribution in [0.5, 0.6) is 0 Å². The lowest BCUT2D eigenvalue weighted by Crippen LogP contribution is -2.52. The van der Waals surface area contributed by atoms with Gasteiger partial charge in [0.05, 0.1) is 11.9 Å². The molecule has 2 amide bonds. The second kappa shape index (κ2) is 12.8. The molecule has 0 unspecified atom stereocenters. The van der Waals surface area contributed by atoms with Crippen LogP contribution in [0.25, 0.3) is 0 Å². The lowest BCUT2D eigenvalue weighted by molar-refractivity contribution is -0.140. The molecule has 2 rings (SSSR count). The molecule has 2 aromatic rings. The van der Waals surface area contributed by atoms with Gasteiger partial charge in [0, 0.05) is 18.1 Å². The monoisotopic (exact) mass is 507 g/mol. The minimum absolute atomic E-state index is 0.154. The zero-order chi connectivity index (χ0) is 25.3. The summed E-state index contributed by atoms with van der Waals surface area (Å²) in [6.07, 6.45) is 3.23. The van der Waals surface area contributed by atoms with E-state index in [1.54, 1.807) is 48.5 Å². The summed E-state index contributed by atoms with van der Waals surface area (Å²) in [6, 6.07) is 13.2. The molecule has 9 heteroatoms. The van der Waals surface area contributed by atoms with E-state index in [9.17, 15) is 18.0 Å². The van der Waals surface area contributed by atoms with Crippen LogP contribution in [-0.2, 0) is 26.2 Å². The summed E-state index contributed by atoms with van der Waals surface area (Å²) in [4.78, 5) is 28.0. The third-order valence-corrected chi connectivity index (χ3v) is 6.88. The van der Waals surface area contributed by atoms with E-state index in [1.165, 1.54) is 4.90 Å². The van der Waals surface area contributed by atoms with Crippen LogP contribution in [-0.4, -0.2) is 50.5 Å². The van der Waals surface area contributed by atoms with E-state index in [4.69, 9.17) is 11.6 Å². The van der Waals surface area contributed by atoms with Crippen molar-refractivity contribution < 1.29 is 18.0 Å². The van der Waals surface area contributed by atoms with E-state index in [1.807, 2.05) is 20.8 Å². The molecule has 2 aromatic carbocycles. The van der Waals surface area contributed by atoms with Gasteiger partial charge in [0.25, 0.3) is 0 Å². The van der Waals surface area contributed by atoms with Crippen molar-refractivity contribution in [3.63, 3.8) is 0 Å². The van der Waals surface area contributed by atoms with E-state index >= 15 is 0 Å². The van der Waals surface area contributed by atoms with Crippen LogP contribution < -0.4 is 9.62 Å². The molecule has 0 saturated heterocycles. The number of hydrogen-bond donors (Lipinski definition) is 1. The van der Waals surface area contributed by atoms with Crippen LogP contribution in [0.3, 0.4) is 0 Å². The number of nitrogens with one attached hydrogen (secondary N) is 1. The molecule has 0 saturated carbocycles. The van der Waals surface area contributed by atoms with E-state index < -0.39 is 28.5 Å². The number of aryl methyl sites for hydroxylation is 1. The SMILES string of the molecule is CCCCNC(=O)[C@@H](CC)N(Cc1ccc(Cl)cc1)C(=O)CN(c1ccc(C)cc1)S(C)(=O)=O. The molecular formula is C25H34ClN3O4S. The van der Waals surface area contributed by atoms with E-state index in [0.29, 0.717) is 23.7 Å². The van der Waals surface area contributed by atoms with Crippen LogP contribution in [0, 0.1) is 6.92 Å². The molecule has 0 heterocycles. The molecule has 0 aliphatic carbocycles. The maximum Gasteiger partial charge on any atom is 0.244 e. The number of nitrogens with zero attached hydrogens (tertiary/aromatic N) is 2. The zero-order valence-corrected chi connectivity index (χ0v) is 21.8. The van der Waals surface area contributed by atoms with E-state index in [0.717, 1.165) is 34.5 Å². The predicted octanol–water partition coefficient (Wildman–Crippen LogP) is 4.14. The third-order valence-electron chi connectivity index (χ3n) is 5.48. The van der Waals surface area contributed by atoms with E-state index in [2.05, 4.69) is 5.32 Å². The first-order valence-corrected chi connectivity index (χ1v) is 13.7. The minimum atomic E-state index is -3.74. The van der Waals surface area contributed by atoms with Crippen LogP contribution in [0.1, 0.15) is 44.2 Å². The number of rotatable bonds is 12. The topological polar surface area (TPSA) is 86.8 Å². The van der Waals surface area contributed by atoms with Crippen LogP contribution >= 0.6 is 11.6 Å². The largest absolute Gasteiger partial charge is 0.354 e. The number of halogens is 1. The molecule has 1 atom stereocenters. The number of benzene rings is 2. The Bertz CT molecular complexity index is 1060. The van der Waals surface area contributed by atoms with Gasteiger partial charge in [0.1, 0.15) is 12.6 Å². The summed E-state index contributed by atoms with van der Waals surface area (Å²) >= 11 is 6.00. The number of anilines is 1. The Morgan fingerprint density at radius 3 is 2.18 bits per heavy atom. The van der Waals surface area contributed by atoms with Crippen molar-refractivity contribution in [1.29, 1.82) is 0 Å². The highest BCUT2D eigenvalue weighted by molar-refractivity contribution is 7.92. The zero-order valence-electron chi connectivity index (χ0n) is 20.3. The Hall–Kier alpha value is -2.58. The molecule has 0 radical (unpaired) electrons. The van der Waals surface area contributed by atoms with E-state index in [-0.39, 0.29) is 12.5 Å². The molecule has 1 N–H and O–H groups in total. The summed E-state index contributed by atoms with van der Waals surface area (Å²) in [7, 11) is -3.74. The number of carbonyl (C=O) groups excluding carboxylic acids is 2. The van der Waals surface area contributed by atoms with Gasteiger partial charge in [0.2, 0.25) is 21.8 Å². The molecule has 0 fully saturated rings. The van der Waals surface area contributed by atoms with Crippen LogP contribution in [0.2, 0.25) is 5.02 Å².